The molecule has 0 spiro atoms. The number of nitrogens with zero attached hydrogens (tertiary/aromatic N) is 1. The van der Waals surface area contributed by atoms with E-state index in [0.717, 1.165) is 0 Å². The van der Waals surface area contributed by atoms with Crippen LogP contribution >= 0.6 is 11.6 Å². The van der Waals surface area contributed by atoms with E-state index in [1.807, 2.05) is 0 Å². The molecule has 1 N–H and O–H groups in total. The number of rotatable bonds is 5. The van der Waals surface area contributed by atoms with E-state index in [1.54, 1.807) is 12.1 Å². The Kier molecular flexibility index (Phi) is 4.72. The molecule has 1 aromatic heterocycles. The predicted molar refractivity (Wildman–Crippen MR) is 78.9 cm³/mol. The smallest absolute Gasteiger partial charge is 0.272 e. The molecule has 0 saturated carbocycles. The summed E-state index contributed by atoms with van der Waals surface area (Å²) in [6, 6.07) is 9.02. The highest BCUT2D eigenvalue weighted by Crippen LogP contribution is 2.26. The average molecular weight is 326 g/mol. The van der Waals surface area contributed by atoms with Gasteiger partial charge in [0, 0.05) is 29.4 Å². The van der Waals surface area contributed by atoms with Crippen LogP contribution in [0.5, 0.6) is 0 Å². The fourth-order valence-electron chi connectivity index (χ4n) is 1.90. The zero-order chi connectivity index (χ0) is 15.5. The molecule has 2 aromatic rings. The lowest BCUT2D eigenvalue weighted by molar-refractivity contribution is 0.0979. The largest absolute Gasteiger partial charge is 0.294 e. The van der Waals surface area contributed by atoms with Crippen LogP contribution in [0.1, 0.15) is 27.6 Å². The monoisotopic (exact) mass is 325 g/mol. The van der Waals surface area contributed by atoms with Gasteiger partial charge in [0.15, 0.2) is 5.78 Å². The van der Waals surface area contributed by atoms with Gasteiger partial charge in [-0.2, -0.15) is 8.42 Å². The van der Waals surface area contributed by atoms with Crippen molar-refractivity contribution in [3.8, 4) is 0 Å². The van der Waals surface area contributed by atoms with Gasteiger partial charge in [0.25, 0.3) is 10.1 Å². The summed E-state index contributed by atoms with van der Waals surface area (Å²) in [6.45, 7) is 0. The summed E-state index contributed by atoms with van der Waals surface area (Å²) in [4.78, 5) is 15.9. The van der Waals surface area contributed by atoms with Crippen molar-refractivity contribution in [1.82, 2.24) is 4.98 Å². The highest BCUT2D eigenvalue weighted by Gasteiger charge is 2.28. The van der Waals surface area contributed by atoms with Crippen LogP contribution in [0.4, 0.5) is 0 Å². The normalized spacial score (nSPS) is 12.9. The van der Waals surface area contributed by atoms with Gasteiger partial charge in [-0.05, 0) is 42.0 Å². The topological polar surface area (TPSA) is 84.3 Å². The molecule has 110 valence electrons. The number of benzene rings is 1. The lowest BCUT2D eigenvalue weighted by Crippen LogP contribution is -2.16. The zero-order valence-corrected chi connectivity index (χ0v) is 12.4. The minimum absolute atomic E-state index is 0.315. The zero-order valence-electron chi connectivity index (χ0n) is 10.8. The molecule has 0 aliphatic heterocycles. The van der Waals surface area contributed by atoms with Gasteiger partial charge in [0.1, 0.15) is 5.25 Å². The van der Waals surface area contributed by atoms with E-state index in [0.29, 0.717) is 16.1 Å². The minimum atomic E-state index is -4.40. The molecular formula is C14H12ClNO4S. The van der Waals surface area contributed by atoms with Crippen LogP contribution in [0.15, 0.2) is 48.8 Å². The quantitative estimate of drug-likeness (QED) is 0.675. The summed E-state index contributed by atoms with van der Waals surface area (Å²) < 4.78 is 32.4. The first-order chi connectivity index (χ1) is 9.88. The summed E-state index contributed by atoms with van der Waals surface area (Å²) in [6.07, 6.45) is 2.45. The lowest BCUT2D eigenvalue weighted by Gasteiger charge is -2.13. The van der Waals surface area contributed by atoms with E-state index in [2.05, 4.69) is 4.98 Å². The number of ketones is 1. The number of Topliss-reactive ketones (excluding diaryl/α,β-unsaturated/α-hetero) is 1. The Morgan fingerprint density at radius 1 is 1.14 bits per heavy atom. The summed E-state index contributed by atoms with van der Waals surface area (Å²) in [5.74, 6) is -0.397. The standard InChI is InChI=1S/C14H12ClNO4S/c15-12-3-1-10(2-4-12)13(17)9-14(21(18,19)20)11-5-7-16-8-6-11/h1-8,14H,9H2,(H,18,19,20). The fraction of sp³-hybridized carbons (Fsp3) is 0.143. The maximum atomic E-state index is 12.2. The molecule has 0 aliphatic carbocycles. The van der Waals surface area contributed by atoms with E-state index in [4.69, 9.17) is 11.6 Å². The van der Waals surface area contributed by atoms with Crippen molar-refractivity contribution in [3.63, 3.8) is 0 Å². The molecule has 0 bridgehead atoms. The molecule has 7 heteroatoms. The molecule has 1 heterocycles. The molecular weight excluding hydrogens is 314 g/mol. The molecule has 0 saturated heterocycles. The van der Waals surface area contributed by atoms with Gasteiger partial charge in [-0.25, -0.2) is 0 Å². The number of hydrogen-bond donors (Lipinski definition) is 1. The van der Waals surface area contributed by atoms with Gasteiger partial charge in [-0.15, -0.1) is 0 Å². The van der Waals surface area contributed by atoms with Crippen LogP contribution < -0.4 is 0 Å². The highest BCUT2D eigenvalue weighted by molar-refractivity contribution is 7.86. The maximum absolute atomic E-state index is 12.2. The molecule has 1 unspecified atom stereocenters. The Bertz CT molecular complexity index is 729. The third-order valence-electron chi connectivity index (χ3n) is 2.97. The number of carbonyl (C=O) groups is 1. The summed E-state index contributed by atoms with van der Waals surface area (Å²) >= 11 is 5.74. The second-order valence-electron chi connectivity index (χ2n) is 4.42. The first-order valence-corrected chi connectivity index (χ1v) is 7.91. The average Bonchev–Trinajstić information content (AvgIpc) is 2.45. The van der Waals surface area contributed by atoms with Crippen molar-refractivity contribution in [3.05, 3.63) is 64.9 Å². The fourth-order valence-corrected chi connectivity index (χ4v) is 2.88. The van der Waals surface area contributed by atoms with Crippen LogP contribution in [0.3, 0.4) is 0 Å². The van der Waals surface area contributed by atoms with Crippen molar-refractivity contribution in [2.75, 3.05) is 0 Å². The van der Waals surface area contributed by atoms with Gasteiger partial charge >= 0.3 is 0 Å². The Morgan fingerprint density at radius 2 is 1.71 bits per heavy atom. The van der Waals surface area contributed by atoms with Crippen molar-refractivity contribution in [1.29, 1.82) is 0 Å². The Hall–Kier alpha value is -1.76. The molecule has 0 amide bonds. The molecule has 0 aliphatic rings. The van der Waals surface area contributed by atoms with Crippen LogP contribution in [-0.2, 0) is 10.1 Å². The number of pyridine rings is 1. The molecule has 21 heavy (non-hydrogen) atoms. The Labute approximate surface area is 127 Å². The van der Waals surface area contributed by atoms with E-state index in [1.165, 1.54) is 36.7 Å². The van der Waals surface area contributed by atoms with Crippen LogP contribution in [0, 0.1) is 0 Å². The minimum Gasteiger partial charge on any atom is -0.294 e. The molecule has 1 atom stereocenters. The highest BCUT2D eigenvalue weighted by atomic mass is 35.5. The lowest BCUT2D eigenvalue weighted by atomic mass is 10.0. The van der Waals surface area contributed by atoms with E-state index < -0.39 is 21.2 Å². The van der Waals surface area contributed by atoms with Gasteiger partial charge in [0.2, 0.25) is 0 Å². The van der Waals surface area contributed by atoms with Crippen molar-refractivity contribution in [2.45, 2.75) is 11.7 Å². The summed E-state index contributed by atoms with van der Waals surface area (Å²) in [5.41, 5.74) is 0.650. The number of halogens is 1. The van der Waals surface area contributed by atoms with Crippen LogP contribution in [-0.4, -0.2) is 23.7 Å². The summed E-state index contributed by atoms with van der Waals surface area (Å²) in [5, 5.41) is -0.837. The van der Waals surface area contributed by atoms with E-state index >= 15 is 0 Å². The second kappa shape index (κ2) is 6.34. The SMILES string of the molecule is O=C(CC(c1ccncc1)S(=O)(=O)O)c1ccc(Cl)cc1. The molecule has 0 fully saturated rings. The van der Waals surface area contributed by atoms with Crippen molar-refractivity contribution in [2.24, 2.45) is 0 Å². The predicted octanol–water partition coefficient (Wildman–Crippen LogP) is 2.94. The van der Waals surface area contributed by atoms with Crippen LogP contribution in [0.25, 0.3) is 0 Å². The third kappa shape index (κ3) is 4.10. The van der Waals surface area contributed by atoms with Gasteiger partial charge < -0.3 is 0 Å². The van der Waals surface area contributed by atoms with Gasteiger partial charge in [-0.3, -0.25) is 14.3 Å². The van der Waals surface area contributed by atoms with Crippen LogP contribution in [0.2, 0.25) is 5.02 Å². The van der Waals surface area contributed by atoms with Gasteiger partial charge in [0.05, 0.1) is 0 Å². The van der Waals surface area contributed by atoms with Gasteiger partial charge in [-0.1, -0.05) is 11.6 Å². The summed E-state index contributed by atoms with van der Waals surface area (Å²) in [7, 11) is -4.40. The van der Waals surface area contributed by atoms with E-state index in [9.17, 15) is 17.8 Å². The number of carbonyl (C=O) groups excluding carboxylic acids is 1. The first kappa shape index (κ1) is 15.6. The molecule has 5 nitrogen and oxygen atoms in total. The van der Waals surface area contributed by atoms with E-state index in [-0.39, 0.29) is 6.42 Å². The van der Waals surface area contributed by atoms with Crippen molar-refractivity contribution < 1.29 is 17.8 Å². The second-order valence-corrected chi connectivity index (χ2v) is 6.45. The third-order valence-corrected chi connectivity index (χ3v) is 4.38. The molecule has 1 aromatic carbocycles. The molecule has 0 radical (unpaired) electrons. The Morgan fingerprint density at radius 3 is 2.24 bits per heavy atom. The number of hydrogen-bond acceptors (Lipinski definition) is 4. The van der Waals surface area contributed by atoms with Crippen molar-refractivity contribution >= 4 is 27.5 Å². The Balaban J connectivity index is 2.28. The molecule has 2 rings (SSSR count). The number of aromatic nitrogens is 1. The first-order valence-electron chi connectivity index (χ1n) is 6.03. The maximum Gasteiger partial charge on any atom is 0.272 e.